The maximum atomic E-state index is 13.1. The molecule has 0 atom stereocenters. The Balaban J connectivity index is 2.08. The van der Waals surface area contributed by atoms with Crippen molar-refractivity contribution in [1.29, 1.82) is 0 Å². The number of methoxy groups -OCH3 is 1. The van der Waals surface area contributed by atoms with Crippen LogP contribution in [0.15, 0.2) is 59.8 Å². The molecule has 7 heteroatoms. The maximum absolute atomic E-state index is 13.1. The molecule has 0 bridgehead atoms. The largest absolute Gasteiger partial charge is 0.493 e. The number of aryl methyl sites for hydroxylation is 1. The first kappa shape index (κ1) is 19.0. The predicted octanol–water partition coefficient (Wildman–Crippen LogP) is 3.89. The SMILES string of the molecule is COc1ccc(-c2nccn2S(=O)(=O)c2ccc(C)cc2)cc1OC(C)C. The van der Waals surface area contributed by atoms with Crippen molar-refractivity contribution in [1.82, 2.24) is 8.96 Å². The Hall–Kier alpha value is -2.80. The number of ether oxygens (including phenoxy) is 2. The van der Waals surface area contributed by atoms with E-state index in [0.29, 0.717) is 22.9 Å². The fraction of sp³-hybridized carbons (Fsp3) is 0.250. The number of nitrogens with zero attached hydrogens (tertiary/aromatic N) is 2. The van der Waals surface area contributed by atoms with Crippen molar-refractivity contribution in [2.24, 2.45) is 0 Å². The van der Waals surface area contributed by atoms with Crippen LogP contribution in [0.25, 0.3) is 11.4 Å². The Morgan fingerprint density at radius 3 is 2.37 bits per heavy atom. The highest BCUT2D eigenvalue weighted by Crippen LogP contribution is 2.33. The second-order valence-corrected chi connectivity index (χ2v) is 8.21. The van der Waals surface area contributed by atoms with Crippen LogP contribution in [0, 0.1) is 6.92 Å². The molecule has 0 saturated heterocycles. The number of aromatic nitrogens is 2. The summed E-state index contributed by atoms with van der Waals surface area (Å²) in [4.78, 5) is 4.47. The zero-order valence-electron chi connectivity index (χ0n) is 15.7. The van der Waals surface area contributed by atoms with E-state index in [2.05, 4.69) is 4.98 Å². The van der Waals surface area contributed by atoms with E-state index >= 15 is 0 Å². The van der Waals surface area contributed by atoms with Crippen LogP contribution in [-0.4, -0.2) is 30.6 Å². The molecule has 0 aliphatic rings. The standard InChI is InChI=1S/C20H22N2O4S/c1-14(2)26-19-13-16(7-10-18(19)25-4)20-21-11-12-22(20)27(23,24)17-8-5-15(3)6-9-17/h5-14H,1-4H3. The molecule has 0 unspecified atom stereocenters. The van der Waals surface area contributed by atoms with Crippen molar-refractivity contribution >= 4 is 10.0 Å². The van der Waals surface area contributed by atoms with Crippen LogP contribution >= 0.6 is 0 Å². The van der Waals surface area contributed by atoms with Gasteiger partial charge in [-0.25, -0.2) is 17.4 Å². The maximum Gasteiger partial charge on any atom is 0.269 e. The molecular weight excluding hydrogens is 364 g/mol. The second-order valence-electron chi connectivity index (χ2n) is 6.40. The van der Waals surface area contributed by atoms with E-state index in [0.717, 1.165) is 5.56 Å². The third-order valence-corrected chi connectivity index (χ3v) is 5.65. The third-order valence-electron chi connectivity index (χ3n) is 3.97. The van der Waals surface area contributed by atoms with Crippen molar-refractivity contribution in [3.8, 4) is 22.9 Å². The van der Waals surface area contributed by atoms with Gasteiger partial charge in [-0.3, -0.25) is 0 Å². The number of imidazole rings is 1. The van der Waals surface area contributed by atoms with E-state index in [1.165, 1.54) is 16.4 Å². The summed E-state index contributed by atoms with van der Waals surface area (Å²) in [6.45, 7) is 5.73. The molecule has 3 rings (SSSR count). The Labute approximate surface area is 159 Å². The minimum atomic E-state index is -3.76. The van der Waals surface area contributed by atoms with Gasteiger partial charge in [-0.15, -0.1) is 0 Å². The van der Waals surface area contributed by atoms with Gasteiger partial charge in [-0.2, -0.15) is 0 Å². The van der Waals surface area contributed by atoms with Gasteiger partial charge < -0.3 is 9.47 Å². The predicted molar refractivity (Wildman–Crippen MR) is 104 cm³/mol. The van der Waals surface area contributed by atoms with Gasteiger partial charge in [-0.1, -0.05) is 17.7 Å². The first-order valence-electron chi connectivity index (χ1n) is 8.53. The molecule has 0 radical (unpaired) electrons. The summed E-state index contributed by atoms with van der Waals surface area (Å²) < 4.78 is 38.4. The number of benzene rings is 2. The normalized spacial score (nSPS) is 11.6. The molecule has 2 aromatic carbocycles. The summed E-state index contributed by atoms with van der Waals surface area (Å²) in [5.74, 6) is 1.42. The van der Waals surface area contributed by atoms with Crippen LogP contribution < -0.4 is 9.47 Å². The molecule has 142 valence electrons. The summed E-state index contributed by atoms with van der Waals surface area (Å²) in [6, 6.07) is 12.0. The average Bonchev–Trinajstić information content (AvgIpc) is 3.12. The summed E-state index contributed by atoms with van der Waals surface area (Å²) in [6.07, 6.45) is 2.86. The van der Waals surface area contributed by atoms with Crippen molar-refractivity contribution in [2.45, 2.75) is 31.8 Å². The van der Waals surface area contributed by atoms with Gasteiger partial charge in [0.15, 0.2) is 17.3 Å². The van der Waals surface area contributed by atoms with Crippen molar-refractivity contribution < 1.29 is 17.9 Å². The summed E-state index contributed by atoms with van der Waals surface area (Å²) in [7, 11) is -2.20. The number of hydrogen-bond acceptors (Lipinski definition) is 5. The lowest BCUT2D eigenvalue weighted by Crippen LogP contribution is -2.13. The lowest BCUT2D eigenvalue weighted by molar-refractivity contribution is 0.230. The van der Waals surface area contributed by atoms with Gasteiger partial charge in [0.05, 0.1) is 18.1 Å². The quantitative estimate of drug-likeness (QED) is 0.643. The van der Waals surface area contributed by atoms with Crippen LogP contribution in [0.3, 0.4) is 0 Å². The Bertz CT molecular complexity index is 1040. The van der Waals surface area contributed by atoms with Crippen LogP contribution in [0.2, 0.25) is 0 Å². The average molecular weight is 386 g/mol. The van der Waals surface area contributed by atoms with E-state index in [4.69, 9.17) is 9.47 Å². The minimum absolute atomic E-state index is 0.0508. The molecule has 0 amide bonds. The fourth-order valence-electron chi connectivity index (χ4n) is 2.67. The molecule has 1 heterocycles. The molecule has 0 saturated carbocycles. The van der Waals surface area contributed by atoms with Crippen LogP contribution in [0.5, 0.6) is 11.5 Å². The molecular formula is C20H22N2O4S. The minimum Gasteiger partial charge on any atom is -0.493 e. The summed E-state index contributed by atoms with van der Waals surface area (Å²) >= 11 is 0. The van der Waals surface area contributed by atoms with Gasteiger partial charge in [0.2, 0.25) is 0 Å². The van der Waals surface area contributed by atoms with Gasteiger partial charge >= 0.3 is 0 Å². The van der Waals surface area contributed by atoms with Crippen LogP contribution in [0.4, 0.5) is 0 Å². The topological polar surface area (TPSA) is 70.4 Å². The molecule has 27 heavy (non-hydrogen) atoms. The summed E-state index contributed by atoms with van der Waals surface area (Å²) in [5, 5.41) is 0. The highest BCUT2D eigenvalue weighted by atomic mass is 32.2. The van der Waals surface area contributed by atoms with E-state index in [1.807, 2.05) is 20.8 Å². The first-order valence-corrected chi connectivity index (χ1v) is 9.97. The highest BCUT2D eigenvalue weighted by Gasteiger charge is 2.22. The Morgan fingerprint density at radius 1 is 1.04 bits per heavy atom. The van der Waals surface area contributed by atoms with Crippen molar-refractivity contribution in [3.05, 3.63) is 60.4 Å². The van der Waals surface area contributed by atoms with E-state index < -0.39 is 10.0 Å². The molecule has 0 aliphatic heterocycles. The van der Waals surface area contributed by atoms with E-state index in [1.54, 1.807) is 49.6 Å². The Morgan fingerprint density at radius 2 is 1.74 bits per heavy atom. The molecule has 1 aromatic heterocycles. The van der Waals surface area contributed by atoms with Crippen molar-refractivity contribution in [2.75, 3.05) is 7.11 Å². The Kier molecular flexibility index (Phi) is 5.23. The monoisotopic (exact) mass is 386 g/mol. The lowest BCUT2D eigenvalue weighted by Gasteiger charge is -2.15. The van der Waals surface area contributed by atoms with E-state index in [-0.39, 0.29) is 11.0 Å². The van der Waals surface area contributed by atoms with Gasteiger partial charge in [0.25, 0.3) is 10.0 Å². The third kappa shape index (κ3) is 3.83. The first-order chi connectivity index (χ1) is 12.8. The lowest BCUT2D eigenvalue weighted by atomic mass is 10.2. The number of hydrogen-bond donors (Lipinski definition) is 0. The zero-order chi connectivity index (χ0) is 19.6. The molecule has 0 aliphatic carbocycles. The number of rotatable bonds is 6. The fourth-order valence-corrected chi connectivity index (χ4v) is 3.98. The molecule has 6 nitrogen and oxygen atoms in total. The van der Waals surface area contributed by atoms with E-state index in [9.17, 15) is 8.42 Å². The van der Waals surface area contributed by atoms with Gasteiger partial charge in [-0.05, 0) is 51.1 Å². The smallest absolute Gasteiger partial charge is 0.269 e. The molecule has 0 N–H and O–H groups in total. The zero-order valence-corrected chi connectivity index (χ0v) is 16.5. The molecule has 0 fully saturated rings. The van der Waals surface area contributed by atoms with Gasteiger partial charge in [0, 0.05) is 18.0 Å². The van der Waals surface area contributed by atoms with Gasteiger partial charge in [0.1, 0.15) is 0 Å². The van der Waals surface area contributed by atoms with Crippen LogP contribution in [0.1, 0.15) is 19.4 Å². The second kappa shape index (κ2) is 7.44. The summed E-state index contributed by atoms with van der Waals surface area (Å²) in [5.41, 5.74) is 1.61. The molecule has 3 aromatic rings. The highest BCUT2D eigenvalue weighted by molar-refractivity contribution is 7.90. The molecule has 0 spiro atoms. The van der Waals surface area contributed by atoms with Crippen molar-refractivity contribution in [3.63, 3.8) is 0 Å². The van der Waals surface area contributed by atoms with Crippen LogP contribution in [-0.2, 0) is 10.0 Å².